The number of amides is 3. The molecule has 0 bridgehead atoms. The van der Waals surface area contributed by atoms with Gasteiger partial charge in [-0.15, -0.1) is 0 Å². The molecule has 2 heterocycles. The predicted octanol–water partition coefficient (Wildman–Crippen LogP) is 3.14. The van der Waals surface area contributed by atoms with Gasteiger partial charge in [-0.1, -0.05) is 24.3 Å². The van der Waals surface area contributed by atoms with Gasteiger partial charge >= 0.3 is 0 Å². The lowest BCUT2D eigenvalue weighted by atomic mass is 9.94. The summed E-state index contributed by atoms with van der Waals surface area (Å²) in [6.45, 7) is 1.82. The van der Waals surface area contributed by atoms with Gasteiger partial charge in [-0.2, -0.15) is 5.26 Å². The van der Waals surface area contributed by atoms with Crippen molar-refractivity contribution < 1.29 is 19.1 Å². The van der Waals surface area contributed by atoms with Gasteiger partial charge in [-0.25, -0.2) is 0 Å². The molecule has 7 nitrogen and oxygen atoms in total. The maximum absolute atomic E-state index is 13.0. The van der Waals surface area contributed by atoms with Crippen LogP contribution in [-0.4, -0.2) is 59.9 Å². The van der Waals surface area contributed by atoms with Crippen molar-refractivity contribution in [1.29, 1.82) is 5.26 Å². The molecule has 0 N–H and O–H groups in total. The maximum atomic E-state index is 13.0. The van der Waals surface area contributed by atoms with E-state index in [1.54, 1.807) is 17.0 Å². The first kappa shape index (κ1) is 21.0. The lowest BCUT2D eigenvalue weighted by Crippen LogP contribution is -2.44. The van der Waals surface area contributed by atoms with Gasteiger partial charge < -0.3 is 9.64 Å². The Morgan fingerprint density at radius 3 is 2.35 bits per heavy atom. The number of hydrogen-bond donors (Lipinski definition) is 0. The van der Waals surface area contributed by atoms with Crippen LogP contribution < -0.4 is 0 Å². The quantitative estimate of drug-likeness (QED) is 0.643. The molecule has 1 fully saturated rings. The van der Waals surface area contributed by atoms with Gasteiger partial charge in [0.2, 0.25) is 5.91 Å². The summed E-state index contributed by atoms with van der Waals surface area (Å²) in [6.07, 6.45) is 2.43. The molecule has 3 amide bonds. The normalized spacial score (nSPS) is 16.4. The van der Waals surface area contributed by atoms with Gasteiger partial charge in [0.05, 0.1) is 12.5 Å². The van der Waals surface area contributed by atoms with Gasteiger partial charge in [-0.3, -0.25) is 19.3 Å². The van der Waals surface area contributed by atoms with Crippen LogP contribution in [0.25, 0.3) is 10.8 Å². The number of imide groups is 1. The number of carbonyl (C=O) groups is 3. The van der Waals surface area contributed by atoms with E-state index in [0.717, 1.165) is 18.2 Å². The van der Waals surface area contributed by atoms with Crippen LogP contribution in [-0.2, 0) is 9.53 Å². The average Bonchev–Trinajstić information content (AvgIpc) is 2.80. The van der Waals surface area contributed by atoms with E-state index in [1.165, 1.54) is 4.90 Å². The molecule has 0 saturated carbocycles. The summed E-state index contributed by atoms with van der Waals surface area (Å²) in [5.74, 6) is -0.665. The fourth-order valence-electron chi connectivity index (χ4n) is 4.49. The summed E-state index contributed by atoms with van der Waals surface area (Å²) in [6, 6.07) is 13.1. The molecule has 0 aliphatic carbocycles. The minimum absolute atomic E-state index is 0.0402. The number of ether oxygens (including phenoxy) is 1. The van der Waals surface area contributed by atoms with E-state index in [0.29, 0.717) is 42.7 Å². The Balaban J connectivity index is 1.43. The highest BCUT2D eigenvalue weighted by atomic mass is 16.5. The molecule has 4 rings (SSSR count). The zero-order chi connectivity index (χ0) is 21.8. The number of nitriles is 1. The van der Waals surface area contributed by atoms with Crippen molar-refractivity contribution in [2.75, 3.05) is 26.3 Å². The van der Waals surface area contributed by atoms with Crippen molar-refractivity contribution in [1.82, 2.24) is 9.80 Å². The minimum Gasteiger partial charge on any atom is -0.381 e. The van der Waals surface area contributed by atoms with Crippen molar-refractivity contribution in [3.05, 3.63) is 47.5 Å². The molecule has 2 aliphatic heterocycles. The van der Waals surface area contributed by atoms with E-state index < -0.39 is 0 Å². The number of carbonyl (C=O) groups excluding carboxylic acids is 3. The standard InChI is InChI=1S/C24H25N3O4/c25-12-4-14-26(18-10-15-31-16-11-18)21(28)9-3-13-27-23(29)19-7-1-5-17-6-2-8-20(22(17)19)24(27)30/h1-2,5-8,18H,3-4,9-11,13-16H2. The summed E-state index contributed by atoms with van der Waals surface area (Å²) < 4.78 is 5.39. The fraction of sp³-hybridized carbons (Fsp3) is 0.417. The number of nitrogens with zero attached hydrogens (tertiary/aromatic N) is 3. The minimum atomic E-state index is -0.312. The number of benzene rings is 2. The van der Waals surface area contributed by atoms with Crippen LogP contribution in [0, 0.1) is 11.3 Å². The molecule has 7 heteroatoms. The Morgan fingerprint density at radius 1 is 1.10 bits per heavy atom. The van der Waals surface area contributed by atoms with Crippen LogP contribution in [0.3, 0.4) is 0 Å². The molecule has 2 aromatic carbocycles. The van der Waals surface area contributed by atoms with Crippen molar-refractivity contribution >= 4 is 28.5 Å². The van der Waals surface area contributed by atoms with E-state index in [-0.39, 0.29) is 43.1 Å². The third kappa shape index (κ3) is 4.17. The molecule has 31 heavy (non-hydrogen) atoms. The highest BCUT2D eigenvalue weighted by Gasteiger charge is 2.32. The Kier molecular flexibility index (Phi) is 6.28. The second kappa shape index (κ2) is 9.27. The van der Waals surface area contributed by atoms with Crippen molar-refractivity contribution in [3.63, 3.8) is 0 Å². The highest BCUT2D eigenvalue weighted by Crippen LogP contribution is 2.30. The molecule has 2 aliphatic rings. The molecule has 0 radical (unpaired) electrons. The summed E-state index contributed by atoms with van der Waals surface area (Å²) in [5, 5.41) is 10.5. The molecular formula is C24H25N3O4. The van der Waals surface area contributed by atoms with Gasteiger partial charge in [0.1, 0.15) is 0 Å². The van der Waals surface area contributed by atoms with Crippen LogP contribution in [0.2, 0.25) is 0 Å². The summed E-state index contributed by atoms with van der Waals surface area (Å²) in [7, 11) is 0. The van der Waals surface area contributed by atoms with E-state index >= 15 is 0 Å². The Bertz CT molecular complexity index is 1000. The third-order valence-corrected chi connectivity index (χ3v) is 6.04. The fourth-order valence-corrected chi connectivity index (χ4v) is 4.49. The Morgan fingerprint density at radius 2 is 1.74 bits per heavy atom. The monoisotopic (exact) mass is 419 g/mol. The van der Waals surface area contributed by atoms with Crippen LogP contribution in [0.5, 0.6) is 0 Å². The first-order chi connectivity index (χ1) is 15.1. The van der Waals surface area contributed by atoms with Gasteiger partial charge in [0.25, 0.3) is 11.8 Å². The van der Waals surface area contributed by atoms with E-state index in [2.05, 4.69) is 6.07 Å². The van der Waals surface area contributed by atoms with Crippen molar-refractivity contribution in [3.8, 4) is 6.07 Å². The molecular weight excluding hydrogens is 394 g/mol. The second-order valence-corrected chi connectivity index (χ2v) is 7.91. The first-order valence-corrected chi connectivity index (χ1v) is 10.7. The van der Waals surface area contributed by atoms with Crippen molar-refractivity contribution in [2.24, 2.45) is 0 Å². The van der Waals surface area contributed by atoms with E-state index in [1.807, 2.05) is 24.3 Å². The van der Waals surface area contributed by atoms with Crippen LogP contribution in [0.1, 0.15) is 52.8 Å². The predicted molar refractivity (Wildman–Crippen MR) is 114 cm³/mol. The maximum Gasteiger partial charge on any atom is 0.261 e. The van der Waals surface area contributed by atoms with E-state index in [9.17, 15) is 14.4 Å². The summed E-state index contributed by atoms with van der Waals surface area (Å²) >= 11 is 0. The van der Waals surface area contributed by atoms with Crippen LogP contribution in [0.4, 0.5) is 0 Å². The lowest BCUT2D eigenvalue weighted by Gasteiger charge is -2.34. The molecule has 0 spiro atoms. The third-order valence-electron chi connectivity index (χ3n) is 6.04. The van der Waals surface area contributed by atoms with E-state index in [4.69, 9.17) is 10.00 Å². The number of rotatable bonds is 7. The lowest BCUT2D eigenvalue weighted by molar-refractivity contribution is -0.135. The molecule has 1 saturated heterocycles. The van der Waals surface area contributed by atoms with Crippen LogP contribution in [0.15, 0.2) is 36.4 Å². The number of hydrogen-bond acceptors (Lipinski definition) is 5. The van der Waals surface area contributed by atoms with Gasteiger partial charge in [0, 0.05) is 55.3 Å². The molecule has 0 aromatic heterocycles. The first-order valence-electron chi connectivity index (χ1n) is 10.7. The molecule has 0 atom stereocenters. The Hall–Kier alpha value is -3.24. The zero-order valence-electron chi connectivity index (χ0n) is 17.4. The largest absolute Gasteiger partial charge is 0.381 e. The Labute approximate surface area is 181 Å². The molecule has 0 unspecified atom stereocenters. The average molecular weight is 419 g/mol. The summed E-state index contributed by atoms with van der Waals surface area (Å²) in [4.78, 5) is 41.9. The topological polar surface area (TPSA) is 90.7 Å². The van der Waals surface area contributed by atoms with Gasteiger partial charge in [-0.05, 0) is 36.8 Å². The van der Waals surface area contributed by atoms with Crippen molar-refractivity contribution in [2.45, 2.75) is 38.1 Å². The summed E-state index contributed by atoms with van der Waals surface area (Å²) in [5.41, 5.74) is 1.05. The van der Waals surface area contributed by atoms with Gasteiger partial charge in [0.15, 0.2) is 0 Å². The smallest absolute Gasteiger partial charge is 0.261 e. The van der Waals surface area contributed by atoms with Crippen LogP contribution >= 0.6 is 0 Å². The zero-order valence-corrected chi connectivity index (χ0v) is 17.4. The molecule has 160 valence electrons. The SMILES string of the molecule is N#CCCN(C(=O)CCCN1C(=O)c2cccc3cccc(c23)C1=O)C1CCOCC1. The second-order valence-electron chi connectivity index (χ2n) is 7.91. The highest BCUT2D eigenvalue weighted by molar-refractivity contribution is 6.25. The molecule has 2 aromatic rings.